The number of carbonyl (C=O) groups excluding carboxylic acids is 8. The molecular formula is C67H115N3O16S4. The van der Waals surface area contributed by atoms with E-state index in [1.165, 1.54) is 0 Å². The molecule has 0 saturated carbocycles. The molecule has 4 atom stereocenters. The molecule has 0 aliphatic rings. The van der Waals surface area contributed by atoms with Crippen molar-refractivity contribution in [3.8, 4) is 0 Å². The van der Waals surface area contributed by atoms with Crippen molar-refractivity contribution in [2.75, 3.05) is 158 Å². The summed E-state index contributed by atoms with van der Waals surface area (Å²) >= 11 is 6.63. The van der Waals surface area contributed by atoms with Crippen LogP contribution in [0.25, 0.3) is 0 Å². The standard InChI is InChI=1S/C67H115N3O16S4/c1-10-14-18-22-48-87-52-56(5)64(75)83-44-40-79-60(71)28-36-69(37-29-61(72)80-41-45-84-65(76)57(6)53-88-49-23-19-15-11-2)34-26-32-68(9)33-27-35-70(38-30-62(73)81-42-46-85-66(77)58(7)54-89-50-24-20-16-12-3)39-31-63(74)82-43-47-86-67(78)59(8)55-90-51-25-21-17-13-4/h18-25,56-59H,10-17,26-55H2,1-9H3/b22-18-,23-19-,24-20-,25-21-. The molecule has 0 heterocycles. The van der Waals surface area contributed by atoms with Gasteiger partial charge < -0.3 is 52.6 Å². The van der Waals surface area contributed by atoms with E-state index in [0.29, 0.717) is 88.2 Å². The highest BCUT2D eigenvalue weighted by molar-refractivity contribution is 8.00. The monoisotopic (exact) mass is 1350 g/mol. The van der Waals surface area contributed by atoms with Gasteiger partial charge in [-0.2, -0.15) is 47.0 Å². The number of hydrogen-bond donors (Lipinski definition) is 0. The summed E-state index contributed by atoms with van der Waals surface area (Å²) in [6.45, 7) is 19.0. The normalized spacial score (nSPS) is 13.1. The molecule has 518 valence electrons. The van der Waals surface area contributed by atoms with Crippen molar-refractivity contribution in [3.05, 3.63) is 48.6 Å². The van der Waals surface area contributed by atoms with Crippen LogP contribution in [-0.2, 0) is 76.3 Å². The van der Waals surface area contributed by atoms with Crippen molar-refractivity contribution >= 4 is 94.8 Å². The zero-order valence-corrected chi connectivity index (χ0v) is 59.6. The van der Waals surface area contributed by atoms with Crippen molar-refractivity contribution in [1.82, 2.24) is 14.7 Å². The first-order valence-electron chi connectivity index (χ1n) is 32.8. The van der Waals surface area contributed by atoms with Gasteiger partial charge >= 0.3 is 47.8 Å². The lowest BCUT2D eigenvalue weighted by Gasteiger charge is -2.25. The van der Waals surface area contributed by atoms with E-state index in [9.17, 15) is 38.4 Å². The summed E-state index contributed by atoms with van der Waals surface area (Å²) in [4.78, 5) is 108. The van der Waals surface area contributed by atoms with Crippen LogP contribution in [0.15, 0.2) is 48.6 Å². The van der Waals surface area contributed by atoms with Crippen molar-refractivity contribution < 1.29 is 76.3 Å². The molecule has 0 spiro atoms. The Kier molecular flexibility index (Phi) is 58.5. The molecule has 0 bridgehead atoms. The Morgan fingerprint density at radius 3 is 0.767 bits per heavy atom. The minimum absolute atomic E-state index is 0.0449. The highest BCUT2D eigenvalue weighted by Gasteiger charge is 2.20. The van der Waals surface area contributed by atoms with Crippen LogP contribution in [0.4, 0.5) is 0 Å². The zero-order chi connectivity index (χ0) is 66.7. The molecule has 23 heteroatoms. The molecule has 0 fully saturated rings. The molecule has 0 aliphatic heterocycles. The fourth-order valence-corrected chi connectivity index (χ4v) is 11.5. The third-order valence-electron chi connectivity index (χ3n) is 13.3. The lowest BCUT2D eigenvalue weighted by Crippen LogP contribution is -2.34. The second-order valence-electron chi connectivity index (χ2n) is 22.0. The quantitative estimate of drug-likeness (QED) is 0.0239. The average molecular weight is 1350 g/mol. The van der Waals surface area contributed by atoms with Crippen molar-refractivity contribution in [3.63, 3.8) is 0 Å². The fourth-order valence-electron chi connectivity index (χ4n) is 7.89. The lowest BCUT2D eigenvalue weighted by atomic mass is 10.2. The first-order valence-corrected chi connectivity index (χ1v) is 37.4. The van der Waals surface area contributed by atoms with Crippen LogP contribution in [0, 0.1) is 23.7 Å². The van der Waals surface area contributed by atoms with Gasteiger partial charge in [0.25, 0.3) is 0 Å². The number of hydrogen-bond acceptors (Lipinski definition) is 23. The molecule has 0 aromatic rings. The number of ether oxygens (including phenoxy) is 8. The number of nitrogens with zero attached hydrogens (tertiary/aromatic N) is 3. The third-order valence-corrected chi connectivity index (χ3v) is 18.0. The van der Waals surface area contributed by atoms with Crippen LogP contribution < -0.4 is 0 Å². The first-order chi connectivity index (χ1) is 43.5. The molecule has 90 heavy (non-hydrogen) atoms. The largest absolute Gasteiger partial charge is 0.462 e. The Morgan fingerprint density at radius 2 is 0.544 bits per heavy atom. The van der Waals surface area contributed by atoms with Gasteiger partial charge in [-0.05, 0) is 71.8 Å². The lowest BCUT2D eigenvalue weighted by molar-refractivity contribution is -0.154. The summed E-state index contributed by atoms with van der Waals surface area (Å²) in [5.74, 6) is 1.39. The highest BCUT2D eigenvalue weighted by atomic mass is 32.2. The van der Waals surface area contributed by atoms with Crippen LogP contribution in [-0.4, -0.2) is 221 Å². The topological polar surface area (TPSA) is 220 Å². The molecule has 4 unspecified atom stereocenters. The van der Waals surface area contributed by atoms with Crippen LogP contribution in [0.3, 0.4) is 0 Å². The second kappa shape index (κ2) is 61.2. The van der Waals surface area contributed by atoms with Gasteiger partial charge in [-0.15, -0.1) is 0 Å². The van der Waals surface area contributed by atoms with E-state index in [-0.39, 0.29) is 126 Å². The molecule has 0 radical (unpaired) electrons. The average Bonchev–Trinajstić information content (AvgIpc) is 3.60. The van der Waals surface area contributed by atoms with Gasteiger partial charge in [0.05, 0.1) is 49.4 Å². The van der Waals surface area contributed by atoms with Crippen molar-refractivity contribution in [2.45, 2.75) is 145 Å². The van der Waals surface area contributed by atoms with E-state index >= 15 is 0 Å². The number of thioether (sulfide) groups is 4. The van der Waals surface area contributed by atoms with E-state index in [1.54, 1.807) is 47.0 Å². The fraction of sp³-hybridized carbons (Fsp3) is 0.761. The molecular weight excluding hydrogens is 1230 g/mol. The summed E-state index contributed by atoms with van der Waals surface area (Å²) in [5.41, 5.74) is 0. The van der Waals surface area contributed by atoms with Gasteiger partial charge in [0.2, 0.25) is 0 Å². The Balaban J connectivity index is 5.52. The molecule has 0 aliphatic carbocycles. The van der Waals surface area contributed by atoms with E-state index in [1.807, 2.05) is 44.5 Å². The Hall–Kier alpha value is -4.00. The number of esters is 8. The third kappa shape index (κ3) is 53.5. The Labute approximate surface area is 558 Å². The maximum atomic E-state index is 12.9. The van der Waals surface area contributed by atoms with Gasteiger partial charge in [-0.25, -0.2) is 0 Å². The summed E-state index contributed by atoms with van der Waals surface area (Å²) in [6.07, 6.45) is 27.0. The van der Waals surface area contributed by atoms with E-state index in [2.05, 4.69) is 81.2 Å². The maximum absolute atomic E-state index is 12.9. The molecule has 0 rings (SSSR count). The van der Waals surface area contributed by atoms with Gasteiger partial charge in [-0.3, -0.25) is 38.4 Å². The summed E-state index contributed by atoms with van der Waals surface area (Å²) in [6, 6.07) is 0. The maximum Gasteiger partial charge on any atom is 0.309 e. The van der Waals surface area contributed by atoms with Crippen LogP contribution in [0.5, 0.6) is 0 Å². The van der Waals surface area contributed by atoms with Crippen LogP contribution in [0.2, 0.25) is 0 Å². The minimum atomic E-state index is -0.462. The van der Waals surface area contributed by atoms with Crippen LogP contribution in [0.1, 0.15) is 145 Å². The molecule has 0 saturated heterocycles. The second-order valence-corrected chi connectivity index (χ2v) is 26.3. The SMILES string of the molecule is CCC/C=C\CSCC(C)C(=O)OCCOC(=O)CCN(CCCN(C)CCCN(CCC(=O)OCCOC(=O)C(C)CSC/C=C\CCC)CCC(=O)OCCOC(=O)C(C)CSC/C=C\CCC)CCC(=O)OCCOC(=O)C(C)CSC/C=C\CCC. The van der Waals surface area contributed by atoms with E-state index in [0.717, 1.165) is 74.4 Å². The molecule has 0 N–H and O–H groups in total. The van der Waals surface area contributed by atoms with Gasteiger partial charge in [-0.1, -0.05) is 130 Å². The minimum Gasteiger partial charge on any atom is -0.462 e. The zero-order valence-electron chi connectivity index (χ0n) is 56.3. The van der Waals surface area contributed by atoms with Crippen LogP contribution >= 0.6 is 47.0 Å². The Bertz CT molecular complexity index is 1770. The smallest absolute Gasteiger partial charge is 0.309 e. The number of carbonyl (C=O) groups is 8. The molecule has 0 amide bonds. The summed E-state index contributed by atoms with van der Waals surface area (Å²) in [7, 11) is 1.99. The summed E-state index contributed by atoms with van der Waals surface area (Å²) in [5, 5.41) is 0. The molecule has 0 aromatic carbocycles. The first kappa shape index (κ1) is 86.0. The number of rotatable bonds is 60. The highest BCUT2D eigenvalue weighted by Crippen LogP contribution is 2.15. The van der Waals surface area contributed by atoms with Gasteiger partial charge in [0.15, 0.2) is 0 Å². The predicted octanol–water partition coefficient (Wildman–Crippen LogP) is 11.1. The molecule has 19 nitrogen and oxygen atoms in total. The number of allylic oxidation sites excluding steroid dienone is 4. The van der Waals surface area contributed by atoms with Crippen molar-refractivity contribution in [1.29, 1.82) is 0 Å². The van der Waals surface area contributed by atoms with Gasteiger partial charge in [0.1, 0.15) is 52.9 Å². The molecule has 0 aromatic heterocycles. The van der Waals surface area contributed by atoms with E-state index in [4.69, 9.17) is 37.9 Å². The van der Waals surface area contributed by atoms with E-state index < -0.39 is 23.9 Å². The Morgan fingerprint density at radius 1 is 0.322 bits per heavy atom. The number of unbranched alkanes of at least 4 members (excludes halogenated alkanes) is 4. The predicted molar refractivity (Wildman–Crippen MR) is 368 cm³/mol. The van der Waals surface area contributed by atoms with Gasteiger partial charge in [0, 0.05) is 72.2 Å². The van der Waals surface area contributed by atoms with Crippen molar-refractivity contribution in [2.24, 2.45) is 23.7 Å². The summed E-state index contributed by atoms with van der Waals surface area (Å²) < 4.78 is 43.1.